The van der Waals surface area contributed by atoms with E-state index in [1.807, 2.05) is 6.92 Å². The van der Waals surface area contributed by atoms with Crippen molar-refractivity contribution in [3.05, 3.63) is 0 Å². The summed E-state index contributed by atoms with van der Waals surface area (Å²) in [5.41, 5.74) is 6.19. The largest absolute Gasteiger partial charge is 0.354 e. The summed E-state index contributed by atoms with van der Waals surface area (Å²) in [5.74, 6) is 0.275. The first-order valence-electron chi connectivity index (χ1n) is 6.02. The Kier molecular flexibility index (Phi) is 4.14. The van der Waals surface area contributed by atoms with Crippen LogP contribution in [0.2, 0.25) is 0 Å². The van der Waals surface area contributed by atoms with E-state index in [1.54, 1.807) is 0 Å². The fourth-order valence-corrected chi connectivity index (χ4v) is 1.89. The summed E-state index contributed by atoms with van der Waals surface area (Å²) >= 11 is 0. The van der Waals surface area contributed by atoms with E-state index in [1.165, 1.54) is 19.3 Å². The van der Waals surface area contributed by atoms with E-state index >= 15 is 0 Å². The van der Waals surface area contributed by atoms with Gasteiger partial charge in [-0.05, 0) is 24.2 Å². The molecule has 1 amide bonds. The zero-order valence-electron chi connectivity index (χ0n) is 10.2. The number of hydrogen-bond acceptors (Lipinski definition) is 2. The lowest BCUT2D eigenvalue weighted by Crippen LogP contribution is -2.48. The third kappa shape index (κ3) is 3.20. The Morgan fingerprint density at radius 3 is 2.53 bits per heavy atom. The molecule has 0 aliphatic heterocycles. The van der Waals surface area contributed by atoms with Gasteiger partial charge in [-0.2, -0.15) is 0 Å². The highest BCUT2D eigenvalue weighted by Gasteiger charge is 2.32. The summed E-state index contributed by atoms with van der Waals surface area (Å²) < 4.78 is 0. The fourth-order valence-electron chi connectivity index (χ4n) is 1.89. The van der Waals surface area contributed by atoms with Crippen LogP contribution in [0, 0.1) is 11.3 Å². The van der Waals surface area contributed by atoms with Gasteiger partial charge in [0.1, 0.15) is 0 Å². The molecular formula is C12H24N2O. The van der Waals surface area contributed by atoms with Gasteiger partial charge in [0.05, 0.1) is 6.04 Å². The summed E-state index contributed by atoms with van der Waals surface area (Å²) in [5, 5.41) is 2.98. The maximum absolute atomic E-state index is 11.7. The first-order valence-corrected chi connectivity index (χ1v) is 6.02. The molecule has 3 nitrogen and oxygen atoms in total. The quantitative estimate of drug-likeness (QED) is 0.728. The summed E-state index contributed by atoms with van der Waals surface area (Å²) in [6.07, 6.45) is 4.70. The van der Waals surface area contributed by atoms with E-state index in [0.29, 0.717) is 5.41 Å². The number of carbonyl (C=O) groups is 1. The first-order chi connectivity index (χ1) is 6.98. The molecular weight excluding hydrogens is 188 g/mol. The lowest BCUT2D eigenvalue weighted by molar-refractivity contribution is -0.124. The summed E-state index contributed by atoms with van der Waals surface area (Å²) in [4.78, 5) is 11.7. The van der Waals surface area contributed by atoms with Crippen LogP contribution in [0.5, 0.6) is 0 Å². The summed E-state index contributed by atoms with van der Waals surface area (Å²) in [6.45, 7) is 7.10. The Morgan fingerprint density at radius 2 is 2.13 bits per heavy atom. The highest BCUT2D eigenvalue weighted by molar-refractivity contribution is 5.81. The molecule has 1 saturated carbocycles. The van der Waals surface area contributed by atoms with Gasteiger partial charge >= 0.3 is 0 Å². The second kappa shape index (κ2) is 4.97. The molecule has 1 aliphatic carbocycles. The van der Waals surface area contributed by atoms with Crippen LogP contribution in [0.25, 0.3) is 0 Å². The second-order valence-electron chi connectivity index (χ2n) is 5.29. The molecule has 1 fully saturated rings. The number of rotatable bonds is 5. The average molecular weight is 212 g/mol. The zero-order chi connectivity index (χ0) is 11.5. The summed E-state index contributed by atoms with van der Waals surface area (Å²) in [7, 11) is 0. The Hall–Kier alpha value is -0.570. The number of hydrogen-bond donors (Lipinski definition) is 2. The van der Waals surface area contributed by atoms with Crippen LogP contribution < -0.4 is 11.1 Å². The maximum atomic E-state index is 11.7. The molecule has 1 rings (SSSR count). The smallest absolute Gasteiger partial charge is 0.237 e. The van der Waals surface area contributed by atoms with Crippen molar-refractivity contribution in [3.8, 4) is 0 Å². The molecule has 2 atom stereocenters. The number of carbonyl (C=O) groups excluding carboxylic acids is 1. The molecule has 0 radical (unpaired) electrons. The van der Waals surface area contributed by atoms with Gasteiger partial charge in [-0.25, -0.2) is 0 Å². The molecule has 0 aromatic heterocycles. The van der Waals surface area contributed by atoms with E-state index in [-0.39, 0.29) is 17.9 Å². The first kappa shape index (κ1) is 12.5. The van der Waals surface area contributed by atoms with Gasteiger partial charge in [0.2, 0.25) is 5.91 Å². The molecule has 3 N–H and O–H groups in total. The van der Waals surface area contributed by atoms with Gasteiger partial charge in [0.25, 0.3) is 0 Å². The monoisotopic (exact) mass is 212 g/mol. The predicted octanol–water partition coefficient (Wildman–Crippen LogP) is 1.67. The van der Waals surface area contributed by atoms with Crippen molar-refractivity contribution in [1.29, 1.82) is 0 Å². The third-order valence-corrected chi connectivity index (χ3v) is 3.81. The molecule has 1 unspecified atom stereocenters. The molecule has 15 heavy (non-hydrogen) atoms. The van der Waals surface area contributed by atoms with Crippen LogP contribution in [0.15, 0.2) is 0 Å². The Morgan fingerprint density at radius 1 is 1.53 bits per heavy atom. The third-order valence-electron chi connectivity index (χ3n) is 3.81. The zero-order valence-corrected chi connectivity index (χ0v) is 10.2. The molecule has 0 heterocycles. The van der Waals surface area contributed by atoms with Crippen molar-refractivity contribution in [2.75, 3.05) is 6.54 Å². The van der Waals surface area contributed by atoms with Gasteiger partial charge < -0.3 is 11.1 Å². The average Bonchev–Trinajstić information content (AvgIpc) is 2.20. The van der Waals surface area contributed by atoms with Gasteiger partial charge in [-0.1, -0.05) is 33.6 Å². The van der Waals surface area contributed by atoms with E-state index in [0.717, 1.165) is 13.0 Å². The maximum Gasteiger partial charge on any atom is 0.237 e. The van der Waals surface area contributed by atoms with Gasteiger partial charge in [-0.15, -0.1) is 0 Å². The van der Waals surface area contributed by atoms with Crippen LogP contribution >= 0.6 is 0 Å². The standard InChI is InChI=1S/C12H24N2O/c1-4-9(2)10(13)11(15)14-8-12(3)6-5-7-12/h9-10H,4-8,13H2,1-3H3,(H,14,15)/t9?,10-/m0/s1. The van der Waals surface area contributed by atoms with E-state index < -0.39 is 0 Å². The Labute approximate surface area is 92.8 Å². The lowest BCUT2D eigenvalue weighted by atomic mass is 9.70. The minimum Gasteiger partial charge on any atom is -0.354 e. The fraction of sp³-hybridized carbons (Fsp3) is 0.917. The SMILES string of the molecule is CCC(C)[C@H](N)C(=O)NCC1(C)CCC1. The van der Waals surface area contributed by atoms with Gasteiger partial charge in [0, 0.05) is 6.54 Å². The number of nitrogens with two attached hydrogens (primary N) is 1. The minimum absolute atomic E-state index is 0.0116. The van der Waals surface area contributed by atoms with E-state index in [9.17, 15) is 4.79 Å². The topological polar surface area (TPSA) is 55.1 Å². The van der Waals surface area contributed by atoms with Crippen molar-refractivity contribution in [3.63, 3.8) is 0 Å². The summed E-state index contributed by atoms with van der Waals surface area (Å²) in [6, 6.07) is -0.348. The van der Waals surface area contributed by atoms with Crippen LogP contribution in [-0.2, 0) is 4.79 Å². The van der Waals surface area contributed by atoms with Crippen LogP contribution in [0.1, 0.15) is 46.5 Å². The van der Waals surface area contributed by atoms with Crippen LogP contribution in [-0.4, -0.2) is 18.5 Å². The van der Waals surface area contributed by atoms with Crippen molar-refractivity contribution >= 4 is 5.91 Å². The molecule has 0 aromatic rings. The Bertz CT molecular complexity index is 224. The van der Waals surface area contributed by atoms with E-state index in [2.05, 4.69) is 19.2 Å². The van der Waals surface area contributed by atoms with Crippen molar-refractivity contribution in [2.45, 2.75) is 52.5 Å². The molecule has 0 spiro atoms. The van der Waals surface area contributed by atoms with Gasteiger partial charge in [-0.3, -0.25) is 4.79 Å². The minimum atomic E-state index is -0.348. The highest BCUT2D eigenvalue weighted by Crippen LogP contribution is 2.39. The van der Waals surface area contributed by atoms with Crippen LogP contribution in [0.4, 0.5) is 0 Å². The molecule has 1 aliphatic rings. The molecule has 0 saturated heterocycles. The van der Waals surface area contributed by atoms with Crippen molar-refractivity contribution in [2.24, 2.45) is 17.1 Å². The second-order valence-corrected chi connectivity index (χ2v) is 5.29. The highest BCUT2D eigenvalue weighted by atomic mass is 16.2. The normalized spacial score (nSPS) is 22.7. The molecule has 3 heteroatoms. The van der Waals surface area contributed by atoms with Gasteiger partial charge in [0.15, 0.2) is 0 Å². The predicted molar refractivity (Wildman–Crippen MR) is 62.4 cm³/mol. The molecule has 0 bridgehead atoms. The van der Waals surface area contributed by atoms with Crippen molar-refractivity contribution in [1.82, 2.24) is 5.32 Å². The Balaban J connectivity index is 2.29. The number of amides is 1. The number of nitrogens with one attached hydrogen (secondary N) is 1. The van der Waals surface area contributed by atoms with E-state index in [4.69, 9.17) is 5.73 Å². The van der Waals surface area contributed by atoms with Crippen LogP contribution in [0.3, 0.4) is 0 Å². The molecule has 88 valence electrons. The molecule has 0 aromatic carbocycles. The lowest BCUT2D eigenvalue weighted by Gasteiger charge is -2.38. The van der Waals surface area contributed by atoms with Crippen molar-refractivity contribution < 1.29 is 4.79 Å².